The molecule has 0 radical (unpaired) electrons. The molecule has 0 unspecified atom stereocenters. The maximum atomic E-state index is 11.2. The SMILES string of the molecule is CC(C)CCC[C@@H](C)[C@H]1CC[C@H]2[C@@H]3[C@@H](O)C=C4C=CCC[C@]4(C)[C@H]3CC[C@]12C. The lowest BCUT2D eigenvalue weighted by Gasteiger charge is -2.58. The molecule has 1 heteroatoms. The molecule has 1 N–H and O–H groups in total. The number of aliphatic hydroxyl groups excluding tert-OH is 1. The van der Waals surface area contributed by atoms with Gasteiger partial charge in [-0.1, -0.05) is 72.1 Å². The summed E-state index contributed by atoms with van der Waals surface area (Å²) in [4.78, 5) is 0. The maximum Gasteiger partial charge on any atom is 0.0760 e. The molecule has 1 nitrogen and oxygen atoms in total. The van der Waals surface area contributed by atoms with Gasteiger partial charge in [0, 0.05) is 0 Å². The van der Waals surface area contributed by atoms with Gasteiger partial charge in [-0.05, 0) is 90.4 Å². The Morgan fingerprint density at radius 2 is 1.82 bits per heavy atom. The van der Waals surface area contributed by atoms with E-state index < -0.39 is 0 Å². The molecule has 2 saturated carbocycles. The largest absolute Gasteiger partial charge is 0.389 e. The van der Waals surface area contributed by atoms with Crippen LogP contribution < -0.4 is 0 Å². The molecule has 2 fully saturated rings. The van der Waals surface area contributed by atoms with Gasteiger partial charge in [0.05, 0.1) is 6.10 Å². The number of fused-ring (bicyclic) bond motifs is 5. The van der Waals surface area contributed by atoms with Crippen molar-refractivity contribution in [3.05, 3.63) is 23.8 Å². The molecule has 0 bridgehead atoms. The summed E-state index contributed by atoms with van der Waals surface area (Å²) in [6.07, 6.45) is 18.8. The third-order valence-corrected chi connectivity index (χ3v) is 9.88. The second-order valence-corrected chi connectivity index (χ2v) is 11.8. The highest BCUT2D eigenvalue weighted by molar-refractivity contribution is 5.35. The normalized spacial score (nSPS) is 46.0. The zero-order valence-electron chi connectivity index (χ0n) is 19.1. The highest BCUT2D eigenvalue weighted by atomic mass is 16.3. The van der Waals surface area contributed by atoms with Gasteiger partial charge >= 0.3 is 0 Å². The Bertz CT molecular complexity index is 630. The van der Waals surface area contributed by atoms with Crippen molar-refractivity contribution >= 4 is 0 Å². The molecule has 0 heterocycles. The van der Waals surface area contributed by atoms with Gasteiger partial charge in [0.25, 0.3) is 0 Å². The third kappa shape index (κ3) is 3.24. The van der Waals surface area contributed by atoms with Crippen molar-refractivity contribution in [1.82, 2.24) is 0 Å². The summed E-state index contributed by atoms with van der Waals surface area (Å²) in [5, 5.41) is 11.2. The molecule has 0 aromatic rings. The molecule has 0 amide bonds. The summed E-state index contributed by atoms with van der Waals surface area (Å²) in [6.45, 7) is 12.4. The molecule has 28 heavy (non-hydrogen) atoms. The second kappa shape index (κ2) is 7.60. The van der Waals surface area contributed by atoms with Crippen LogP contribution in [0.25, 0.3) is 0 Å². The molecule has 8 atom stereocenters. The van der Waals surface area contributed by atoms with Crippen LogP contribution in [-0.2, 0) is 0 Å². The standard InChI is InChI=1S/C27H44O/c1-18(2)9-8-10-19(3)21-12-13-22-25-23(14-16-27(21,22)5)26(4)15-7-6-11-20(26)17-24(25)28/h6,11,17-19,21-25,28H,7-10,12-16H2,1-5H3/t19-,21-,22+,23+,24+,25+,26+,27-/m1/s1. The zero-order valence-corrected chi connectivity index (χ0v) is 19.1. The van der Waals surface area contributed by atoms with Crippen molar-refractivity contribution in [1.29, 1.82) is 0 Å². The Balaban J connectivity index is 1.54. The predicted molar refractivity (Wildman–Crippen MR) is 119 cm³/mol. The van der Waals surface area contributed by atoms with Gasteiger partial charge in [0.1, 0.15) is 0 Å². The Hall–Kier alpha value is -0.560. The summed E-state index contributed by atoms with van der Waals surface area (Å²) in [7, 11) is 0. The van der Waals surface area contributed by atoms with E-state index in [4.69, 9.17) is 0 Å². The fraction of sp³-hybridized carbons (Fsp3) is 0.852. The number of hydrogen-bond donors (Lipinski definition) is 1. The summed E-state index contributed by atoms with van der Waals surface area (Å²) < 4.78 is 0. The molecule has 4 rings (SSSR count). The molecular weight excluding hydrogens is 340 g/mol. The average Bonchev–Trinajstić information content (AvgIpc) is 2.99. The van der Waals surface area contributed by atoms with Gasteiger partial charge in [0.2, 0.25) is 0 Å². The first kappa shape index (κ1) is 20.7. The van der Waals surface area contributed by atoms with Gasteiger partial charge in [-0.3, -0.25) is 0 Å². The average molecular weight is 385 g/mol. The van der Waals surface area contributed by atoms with Crippen molar-refractivity contribution in [2.24, 2.45) is 46.3 Å². The van der Waals surface area contributed by atoms with Gasteiger partial charge in [-0.25, -0.2) is 0 Å². The van der Waals surface area contributed by atoms with Crippen LogP contribution in [0.4, 0.5) is 0 Å². The van der Waals surface area contributed by atoms with Crippen LogP contribution in [0.2, 0.25) is 0 Å². The Kier molecular flexibility index (Phi) is 5.62. The van der Waals surface area contributed by atoms with Crippen LogP contribution >= 0.6 is 0 Å². The van der Waals surface area contributed by atoms with Crippen molar-refractivity contribution in [2.45, 2.75) is 98.5 Å². The lowest BCUT2D eigenvalue weighted by molar-refractivity contribution is -0.0880. The number of rotatable bonds is 5. The maximum absolute atomic E-state index is 11.2. The molecular formula is C27H44O. The summed E-state index contributed by atoms with van der Waals surface area (Å²) >= 11 is 0. The molecule has 158 valence electrons. The van der Waals surface area contributed by atoms with Crippen LogP contribution in [0.15, 0.2) is 23.8 Å². The van der Waals surface area contributed by atoms with Gasteiger partial charge in [0.15, 0.2) is 0 Å². The first-order valence-corrected chi connectivity index (χ1v) is 12.3. The summed E-state index contributed by atoms with van der Waals surface area (Å²) in [5.74, 6) is 4.43. The first-order chi connectivity index (χ1) is 13.3. The number of allylic oxidation sites excluding steroid dienone is 3. The fourth-order valence-electron chi connectivity index (χ4n) is 8.31. The van der Waals surface area contributed by atoms with E-state index in [1.807, 2.05) is 0 Å². The zero-order chi connectivity index (χ0) is 20.1. The molecule has 0 saturated heterocycles. The van der Waals surface area contributed by atoms with Crippen molar-refractivity contribution in [3.8, 4) is 0 Å². The van der Waals surface area contributed by atoms with Gasteiger partial charge in [-0.2, -0.15) is 0 Å². The third-order valence-electron chi connectivity index (χ3n) is 9.88. The minimum absolute atomic E-state index is 0.226. The Morgan fingerprint density at radius 3 is 2.57 bits per heavy atom. The first-order valence-electron chi connectivity index (χ1n) is 12.3. The second-order valence-electron chi connectivity index (χ2n) is 11.8. The monoisotopic (exact) mass is 384 g/mol. The van der Waals surface area contributed by atoms with E-state index in [1.54, 1.807) is 0 Å². The topological polar surface area (TPSA) is 20.2 Å². The van der Waals surface area contributed by atoms with Crippen molar-refractivity contribution < 1.29 is 5.11 Å². The van der Waals surface area contributed by atoms with Gasteiger partial charge < -0.3 is 5.11 Å². The highest BCUT2D eigenvalue weighted by Crippen LogP contribution is 2.66. The number of aliphatic hydroxyl groups is 1. The van der Waals surface area contributed by atoms with Crippen LogP contribution in [0.5, 0.6) is 0 Å². The lowest BCUT2D eigenvalue weighted by Crippen LogP contribution is -2.53. The predicted octanol–water partition coefficient (Wildman–Crippen LogP) is 7.16. The van der Waals surface area contributed by atoms with Crippen LogP contribution in [0.3, 0.4) is 0 Å². The molecule has 0 aliphatic heterocycles. The van der Waals surface area contributed by atoms with E-state index in [0.29, 0.717) is 22.7 Å². The summed E-state index contributed by atoms with van der Waals surface area (Å²) in [6, 6.07) is 0. The Labute approximate surface area is 174 Å². The van der Waals surface area contributed by atoms with E-state index in [-0.39, 0.29) is 6.10 Å². The fourth-order valence-corrected chi connectivity index (χ4v) is 8.31. The van der Waals surface area contributed by atoms with E-state index in [1.165, 1.54) is 63.4 Å². The van der Waals surface area contributed by atoms with Crippen molar-refractivity contribution in [2.75, 3.05) is 0 Å². The van der Waals surface area contributed by atoms with Crippen LogP contribution in [-0.4, -0.2) is 11.2 Å². The highest BCUT2D eigenvalue weighted by Gasteiger charge is 2.60. The Morgan fingerprint density at radius 1 is 1.04 bits per heavy atom. The summed E-state index contributed by atoms with van der Waals surface area (Å²) in [5.41, 5.74) is 2.19. The van der Waals surface area contributed by atoms with E-state index in [0.717, 1.165) is 23.7 Å². The molecule has 0 spiro atoms. The minimum Gasteiger partial charge on any atom is -0.389 e. The molecule has 0 aromatic heterocycles. The van der Waals surface area contributed by atoms with Gasteiger partial charge in [-0.15, -0.1) is 0 Å². The van der Waals surface area contributed by atoms with E-state index in [9.17, 15) is 5.11 Å². The molecule has 4 aliphatic carbocycles. The minimum atomic E-state index is -0.226. The van der Waals surface area contributed by atoms with Crippen molar-refractivity contribution in [3.63, 3.8) is 0 Å². The van der Waals surface area contributed by atoms with E-state index in [2.05, 4.69) is 52.8 Å². The van der Waals surface area contributed by atoms with Crippen LogP contribution in [0, 0.1) is 46.3 Å². The molecule has 4 aliphatic rings. The number of hydrogen-bond acceptors (Lipinski definition) is 1. The molecule has 0 aromatic carbocycles. The lowest BCUT2D eigenvalue weighted by atomic mass is 9.47. The smallest absolute Gasteiger partial charge is 0.0760 e. The van der Waals surface area contributed by atoms with Crippen LogP contribution in [0.1, 0.15) is 92.4 Å². The quantitative estimate of drug-likeness (QED) is 0.533. The van der Waals surface area contributed by atoms with E-state index >= 15 is 0 Å².